The Labute approximate surface area is 170 Å². The van der Waals surface area contributed by atoms with Crippen molar-refractivity contribution in [2.24, 2.45) is 5.92 Å². The van der Waals surface area contributed by atoms with Crippen LogP contribution < -0.4 is 0 Å². The minimum absolute atomic E-state index is 0.00230. The molecule has 8 heteroatoms. The van der Waals surface area contributed by atoms with Gasteiger partial charge in [0.25, 0.3) is 5.69 Å². The third-order valence-corrected chi connectivity index (χ3v) is 5.82. The fourth-order valence-corrected chi connectivity index (χ4v) is 4.28. The summed E-state index contributed by atoms with van der Waals surface area (Å²) in [5.74, 6) is -0.0421. The number of nitro groups is 1. The van der Waals surface area contributed by atoms with Crippen LogP contribution in [0.4, 0.5) is 10.5 Å². The largest absolute Gasteiger partial charge is 0.464 e. The fourth-order valence-electron chi connectivity index (χ4n) is 4.28. The summed E-state index contributed by atoms with van der Waals surface area (Å²) in [7, 11) is 0. The van der Waals surface area contributed by atoms with Crippen molar-refractivity contribution in [1.29, 1.82) is 0 Å². The molecule has 1 aliphatic carbocycles. The zero-order valence-electron chi connectivity index (χ0n) is 16.7. The van der Waals surface area contributed by atoms with Crippen molar-refractivity contribution >= 4 is 17.7 Å². The van der Waals surface area contributed by atoms with Gasteiger partial charge in [-0.05, 0) is 49.3 Å². The number of nitrogens with zero attached hydrogens (tertiary/aromatic N) is 2. The van der Waals surface area contributed by atoms with Gasteiger partial charge in [-0.15, -0.1) is 0 Å². The smallest absolute Gasteiger partial charge is 0.411 e. The van der Waals surface area contributed by atoms with Crippen molar-refractivity contribution in [3.8, 4) is 0 Å². The Bertz CT molecular complexity index is 735. The molecular weight excluding hydrogens is 376 g/mol. The van der Waals surface area contributed by atoms with E-state index in [1.807, 2.05) is 6.92 Å². The molecule has 1 aromatic rings. The third kappa shape index (κ3) is 5.05. The lowest BCUT2D eigenvalue weighted by molar-refractivity contribution is -0.384. The second kappa shape index (κ2) is 9.71. The Balaban J connectivity index is 1.65. The van der Waals surface area contributed by atoms with Gasteiger partial charge in [0, 0.05) is 18.2 Å². The summed E-state index contributed by atoms with van der Waals surface area (Å²) in [5.41, 5.74) is 0.643. The highest BCUT2D eigenvalue weighted by Crippen LogP contribution is 2.40. The lowest BCUT2D eigenvalue weighted by Crippen LogP contribution is -2.47. The first-order valence-electron chi connectivity index (χ1n) is 10.4. The maximum atomic E-state index is 12.9. The van der Waals surface area contributed by atoms with Gasteiger partial charge in [0.15, 0.2) is 0 Å². The van der Waals surface area contributed by atoms with Crippen LogP contribution in [0.1, 0.15) is 57.4 Å². The van der Waals surface area contributed by atoms with Crippen LogP contribution >= 0.6 is 0 Å². The first-order chi connectivity index (χ1) is 14.0. The average Bonchev–Trinajstić information content (AvgIpc) is 3.12. The molecule has 1 saturated carbocycles. The quantitative estimate of drug-likeness (QED) is 0.292. The number of carbonyl (C=O) groups excluding carboxylic acids is 2. The minimum Gasteiger partial charge on any atom is -0.464 e. The Morgan fingerprint density at radius 1 is 1.17 bits per heavy atom. The Hall–Kier alpha value is -2.64. The predicted molar refractivity (Wildman–Crippen MR) is 105 cm³/mol. The van der Waals surface area contributed by atoms with Crippen LogP contribution in [0, 0.1) is 16.0 Å². The van der Waals surface area contributed by atoms with E-state index in [2.05, 4.69) is 0 Å². The summed E-state index contributed by atoms with van der Waals surface area (Å²) < 4.78 is 10.9. The second-order valence-electron chi connectivity index (χ2n) is 7.77. The highest BCUT2D eigenvalue weighted by molar-refractivity contribution is 5.82. The van der Waals surface area contributed by atoms with Crippen LogP contribution in [0.15, 0.2) is 24.3 Å². The van der Waals surface area contributed by atoms with E-state index in [0.717, 1.165) is 38.5 Å². The standard InChI is InChI=1S/C21H28N2O6/c1-2-3-12-28-20(24)19-13-16-6-4-5-7-18(16)22(19)21(25)29-14-15-8-10-17(11-9-15)23(26)27/h8-11,16,18-19H,2-7,12-14H2,1H3. The fraction of sp³-hybridized carbons (Fsp3) is 0.619. The molecule has 1 aromatic carbocycles. The molecule has 1 heterocycles. The van der Waals surface area contributed by atoms with Crippen LogP contribution in [0.25, 0.3) is 0 Å². The van der Waals surface area contributed by atoms with E-state index < -0.39 is 17.1 Å². The van der Waals surface area contributed by atoms with Crippen molar-refractivity contribution in [2.45, 2.75) is 70.6 Å². The highest BCUT2D eigenvalue weighted by Gasteiger charge is 2.48. The monoisotopic (exact) mass is 404 g/mol. The minimum atomic E-state index is -0.593. The van der Waals surface area contributed by atoms with Crippen LogP contribution in [-0.2, 0) is 20.9 Å². The number of hydrogen-bond donors (Lipinski definition) is 0. The van der Waals surface area contributed by atoms with Crippen molar-refractivity contribution in [3.05, 3.63) is 39.9 Å². The normalized spacial score (nSPS) is 23.3. The SMILES string of the molecule is CCCCOC(=O)C1CC2CCCCC2N1C(=O)OCc1ccc([N+](=O)[O-])cc1. The summed E-state index contributed by atoms with van der Waals surface area (Å²) in [6.45, 7) is 2.40. The number of amides is 1. The van der Waals surface area contributed by atoms with Gasteiger partial charge in [0.05, 0.1) is 11.5 Å². The second-order valence-corrected chi connectivity index (χ2v) is 7.77. The van der Waals surface area contributed by atoms with E-state index in [4.69, 9.17) is 9.47 Å². The molecule has 1 aliphatic heterocycles. The first-order valence-corrected chi connectivity index (χ1v) is 10.4. The molecule has 0 spiro atoms. The number of esters is 1. The average molecular weight is 404 g/mol. The van der Waals surface area contributed by atoms with Crippen LogP contribution in [0.3, 0.4) is 0 Å². The molecule has 3 atom stereocenters. The van der Waals surface area contributed by atoms with Crippen molar-refractivity contribution in [2.75, 3.05) is 6.61 Å². The summed E-state index contributed by atoms with van der Waals surface area (Å²) in [6, 6.07) is 5.31. The number of nitro benzene ring substituents is 1. The molecule has 1 amide bonds. The van der Waals surface area contributed by atoms with Gasteiger partial charge in [0.2, 0.25) is 0 Å². The lowest BCUT2D eigenvalue weighted by atomic mass is 9.85. The number of unbranched alkanes of at least 4 members (excludes halogenated alkanes) is 1. The van der Waals surface area contributed by atoms with Gasteiger partial charge in [0.1, 0.15) is 12.6 Å². The third-order valence-electron chi connectivity index (χ3n) is 5.82. The van der Waals surface area contributed by atoms with E-state index in [1.54, 1.807) is 17.0 Å². The zero-order chi connectivity index (χ0) is 20.8. The number of ether oxygens (including phenoxy) is 2. The molecule has 0 radical (unpaired) electrons. The van der Waals surface area contributed by atoms with E-state index in [-0.39, 0.29) is 24.3 Å². The van der Waals surface area contributed by atoms with Gasteiger partial charge in [-0.25, -0.2) is 9.59 Å². The lowest BCUT2D eigenvalue weighted by Gasteiger charge is -2.32. The van der Waals surface area contributed by atoms with Gasteiger partial charge in [-0.1, -0.05) is 26.2 Å². The van der Waals surface area contributed by atoms with E-state index >= 15 is 0 Å². The Morgan fingerprint density at radius 3 is 2.59 bits per heavy atom. The Kier molecular flexibility index (Phi) is 7.06. The van der Waals surface area contributed by atoms with Crippen LogP contribution in [0.2, 0.25) is 0 Å². The molecule has 3 unspecified atom stereocenters. The predicted octanol–water partition coefficient (Wildman–Crippen LogP) is 4.21. The number of benzene rings is 1. The topological polar surface area (TPSA) is 99.0 Å². The number of fused-ring (bicyclic) bond motifs is 1. The van der Waals surface area contributed by atoms with Crippen molar-refractivity contribution in [1.82, 2.24) is 4.90 Å². The molecule has 0 bridgehead atoms. The molecule has 1 saturated heterocycles. The highest BCUT2D eigenvalue weighted by atomic mass is 16.6. The van der Waals surface area contributed by atoms with Crippen LogP contribution in [-0.4, -0.2) is 40.6 Å². The van der Waals surface area contributed by atoms with E-state index in [1.165, 1.54) is 12.1 Å². The molecular formula is C21H28N2O6. The molecule has 8 nitrogen and oxygen atoms in total. The molecule has 3 rings (SSSR count). The summed E-state index contributed by atoms with van der Waals surface area (Å²) in [4.78, 5) is 37.4. The van der Waals surface area contributed by atoms with Gasteiger partial charge in [-0.3, -0.25) is 15.0 Å². The molecule has 0 N–H and O–H groups in total. The zero-order valence-corrected chi connectivity index (χ0v) is 16.7. The van der Waals surface area contributed by atoms with E-state index in [9.17, 15) is 19.7 Å². The van der Waals surface area contributed by atoms with Gasteiger partial charge in [-0.2, -0.15) is 0 Å². The summed E-state index contributed by atoms with van der Waals surface area (Å²) in [6.07, 6.45) is 5.87. The maximum absolute atomic E-state index is 12.9. The van der Waals surface area contributed by atoms with Crippen molar-refractivity contribution < 1.29 is 24.0 Å². The Morgan fingerprint density at radius 2 is 1.90 bits per heavy atom. The van der Waals surface area contributed by atoms with Crippen LogP contribution in [0.5, 0.6) is 0 Å². The molecule has 29 heavy (non-hydrogen) atoms. The molecule has 2 aliphatic rings. The summed E-state index contributed by atoms with van der Waals surface area (Å²) in [5, 5.41) is 10.8. The molecule has 2 fully saturated rings. The summed E-state index contributed by atoms with van der Waals surface area (Å²) >= 11 is 0. The number of non-ortho nitro benzene ring substituents is 1. The molecule has 0 aromatic heterocycles. The number of carbonyl (C=O) groups is 2. The first kappa shape index (κ1) is 21.1. The maximum Gasteiger partial charge on any atom is 0.411 e. The van der Waals surface area contributed by atoms with Gasteiger partial charge >= 0.3 is 12.1 Å². The van der Waals surface area contributed by atoms with E-state index in [0.29, 0.717) is 24.5 Å². The number of hydrogen-bond acceptors (Lipinski definition) is 6. The number of rotatable bonds is 7. The molecule has 158 valence electrons. The van der Waals surface area contributed by atoms with Gasteiger partial charge < -0.3 is 9.47 Å². The van der Waals surface area contributed by atoms with Crippen molar-refractivity contribution in [3.63, 3.8) is 0 Å². The number of likely N-dealkylation sites (tertiary alicyclic amines) is 1.